The Labute approximate surface area is 165 Å². The van der Waals surface area contributed by atoms with E-state index in [4.69, 9.17) is 0 Å². The van der Waals surface area contributed by atoms with E-state index in [0.717, 1.165) is 38.4 Å². The van der Waals surface area contributed by atoms with Crippen LogP contribution in [-0.2, 0) is 9.84 Å². The second-order valence-corrected chi connectivity index (χ2v) is 9.64. The standard InChI is InChI=1S/C16H34N4O2S.HI/c1-6-10-20-11-8-14(9-12-20)19-15(17-7-2)18-13-16(3,4)23(5,21)22;/h14H,6-13H2,1-5H3,(H2,17,18,19);1H. The van der Waals surface area contributed by atoms with Gasteiger partial charge in [0.25, 0.3) is 0 Å². The Morgan fingerprint density at radius 3 is 2.29 bits per heavy atom. The molecule has 0 unspecified atom stereocenters. The number of rotatable bonds is 7. The van der Waals surface area contributed by atoms with Gasteiger partial charge in [0.15, 0.2) is 15.8 Å². The van der Waals surface area contributed by atoms with Gasteiger partial charge < -0.3 is 15.5 Å². The van der Waals surface area contributed by atoms with Gasteiger partial charge in [-0.3, -0.25) is 4.99 Å². The normalized spacial score (nSPS) is 18.1. The molecule has 144 valence electrons. The number of aliphatic imine (C=N–C) groups is 1. The summed E-state index contributed by atoms with van der Waals surface area (Å²) in [5.41, 5.74) is 0. The molecule has 0 atom stereocenters. The maximum Gasteiger partial charge on any atom is 0.191 e. The summed E-state index contributed by atoms with van der Waals surface area (Å²) in [5.74, 6) is 0.721. The lowest BCUT2D eigenvalue weighted by atomic mass is 10.1. The molecule has 6 nitrogen and oxygen atoms in total. The Hall–Kier alpha value is -0.0900. The van der Waals surface area contributed by atoms with Gasteiger partial charge in [0, 0.05) is 31.9 Å². The highest BCUT2D eigenvalue weighted by Crippen LogP contribution is 2.15. The average molecular weight is 474 g/mol. The predicted octanol–water partition coefficient (Wildman–Crippen LogP) is 1.86. The maximum absolute atomic E-state index is 11.8. The molecule has 24 heavy (non-hydrogen) atoms. The molecule has 0 saturated carbocycles. The molecular formula is C16H35IN4O2S. The number of piperidine rings is 1. The first-order valence-electron chi connectivity index (χ1n) is 8.66. The Balaban J connectivity index is 0.00000529. The quantitative estimate of drug-likeness (QED) is 0.335. The molecule has 1 aliphatic heterocycles. The number of halogens is 1. The minimum absolute atomic E-state index is 0. The number of nitrogens with zero attached hydrogens (tertiary/aromatic N) is 2. The summed E-state index contributed by atoms with van der Waals surface area (Å²) >= 11 is 0. The van der Waals surface area contributed by atoms with E-state index < -0.39 is 14.6 Å². The maximum atomic E-state index is 11.8. The third-order valence-corrected chi connectivity index (χ3v) is 6.57. The monoisotopic (exact) mass is 474 g/mol. The SMILES string of the molecule is CCCN1CCC(NC(=NCC(C)(C)S(C)(=O)=O)NCC)CC1.I. The molecule has 1 saturated heterocycles. The number of nitrogens with one attached hydrogen (secondary N) is 2. The van der Waals surface area contributed by atoms with Crippen LogP contribution in [0.4, 0.5) is 0 Å². The predicted molar refractivity (Wildman–Crippen MR) is 113 cm³/mol. The molecule has 1 rings (SSSR count). The Kier molecular flexibility index (Phi) is 10.8. The number of likely N-dealkylation sites (tertiary alicyclic amines) is 1. The minimum atomic E-state index is -3.13. The molecule has 0 spiro atoms. The first-order valence-corrected chi connectivity index (χ1v) is 10.6. The van der Waals surface area contributed by atoms with Crippen LogP contribution in [0.1, 0.15) is 47.0 Å². The van der Waals surface area contributed by atoms with Crippen LogP contribution in [0.15, 0.2) is 4.99 Å². The molecule has 0 amide bonds. The van der Waals surface area contributed by atoms with Crippen LogP contribution in [0.3, 0.4) is 0 Å². The van der Waals surface area contributed by atoms with Gasteiger partial charge in [0.2, 0.25) is 0 Å². The number of hydrogen-bond donors (Lipinski definition) is 2. The van der Waals surface area contributed by atoms with Gasteiger partial charge in [0.05, 0.1) is 11.3 Å². The molecule has 0 radical (unpaired) electrons. The first-order chi connectivity index (χ1) is 10.7. The molecule has 0 aromatic rings. The Morgan fingerprint density at radius 2 is 1.83 bits per heavy atom. The van der Waals surface area contributed by atoms with Crippen LogP contribution in [0.5, 0.6) is 0 Å². The van der Waals surface area contributed by atoms with Gasteiger partial charge in [-0.25, -0.2) is 8.42 Å². The second-order valence-electron chi connectivity index (χ2n) is 6.99. The highest BCUT2D eigenvalue weighted by atomic mass is 127. The van der Waals surface area contributed by atoms with E-state index in [-0.39, 0.29) is 30.5 Å². The number of sulfone groups is 1. The molecule has 0 bridgehead atoms. The average Bonchev–Trinajstić information content (AvgIpc) is 2.46. The Bertz CT molecular complexity index is 486. The number of hydrogen-bond acceptors (Lipinski definition) is 4. The van der Waals surface area contributed by atoms with E-state index in [1.807, 2.05) is 6.92 Å². The van der Waals surface area contributed by atoms with Gasteiger partial charge in [-0.15, -0.1) is 24.0 Å². The van der Waals surface area contributed by atoms with Gasteiger partial charge in [0.1, 0.15) is 0 Å². The van der Waals surface area contributed by atoms with Crippen LogP contribution in [0.2, 0.25) is 0 Å². The second kappa shape index (κ2) is 10.8. The van der Waals surface area contributed by atoms with Crippen LogP contribution >= 0.6 is 24.0 Å². The van der Waals surface area contributed by atoms with Crippen molar-refractivity contribution in [1.82, 2.24) is 15.5 Å². The lowest BCUT2D eigenvalue weighted by molar-refractivity contribution is 0.206. The van der Waals surface area contributed by atoms with Gasteiger partial charge in [-0.2, -0.15) is 0 Å². The lowest BCUT2D eigenvalue weighted by Crippen LogP contribution is -2.49. The third kappa shape index (κ3) is 7.86. The molecular weight excluding hydrogens is 439 g/mol. The summed E-state index contributed by atoms with van der Waals surface area (Å²) in [5, 5.41) is 6.68. The van der Waals surface area contributed by atoms with Gasteiger partial charge >= 0.3 is 0 Å². The highest BCUT2D eigenvalue weighted by Gasteiger charge is 2.30. The van der Waals surface area contributed by atoms with Gasteiger partial charge in [-0.05, 0) is 46.6 Å². The molecule has 1 heterocycles. The zero-order valence-electron chi connectivity index (χ0n) is 15.8. The van der Waals surface area contributed by atoms with Crippen LogP contribution in [0.25, 0.3) is 0 Å². The largest absolute Gasteiger partial charge is 0.357 e. The molecule has 8 heteroatoms. The van der Waals surface area contributed by atoms with Crippen molar-refractivity contribution in [3.63, 3.8) is 0 Å². The highest BCUT2D eigenvalue weighted by molar-refractivity contribution is 14.0. The molecule has 0 aromatic carbocycles. The summed E-state index contributed by atoms with van der Waals surface area (Å²) < 4.78 is 22.7. The van der Waals surface area contributed by atoms with E-state index in [1.165, 1.54) is 19.2 Å². The van der Waals surface area contributed by atoms with Crippen LogP contribution in [0, 0.1) is 0 Å². The van der Waals surface area contributed by atoms with Crippen molar-refractivity contribution < 1.29 is 8.42 Å². The van der Waals surface area contributed by atoms with Crippen molar-refractivity contribution in [3.05, 3.63) is 0 Å². The zero-order valence-corrected chi connectivity index (χ0v) is 18.9. The summed E-state index contributed by atoms with van der Waals surface area (Å²) in [6.07, 6.45) is 4.66. The molecule has 2 N–H and O–H groups in total. The molecule has 0 aliphatic carbocycles. The van der Waals surface area contributed by atoms with E-state index in [9.17, 15) is 8.42 Å². The third-order valence-electron chi connectivity index (χ3n) is 4.43. The Morgan fingerprint density at radius 1 is 1.25 bits per heavy atom. The van der Waals surface area contributed by atoms with Gasteiger partial charge in [-0.1, -0.05) is 6.92 Å². The van der Waals surface area contributed by atoms with E-state index in [1.54, 1.807) is 13.8 Å². The van der Waals surface area contributed by atoms with Crippen molar-refractivity contribution >= 4 is 39.8 Å². The fourth-order valence-corrected chi connectivity index (χ4v) is 2.82. The zero-order chi connectivity index (χ0) is 17.5. The fraction of sp³-hybridized carbons (Fsp3) is 0.938. The lowest BCUT2D eigenvalue weighted by Gasteiger charge is -2.33. The molecule has 1 fully saturated rings. The summed E-state index contributed by atoms with van der Waals surface area (Å²) in [4.78, 5) is 7.00. The van der Waals surface area contributed by atoms with E-state index in [0.29, 0.717) is 6.04 Å². The van der Waals surface area contributed by atoms with Crippen molar-refractivity contribution in [2.24, 2.45) is 4.99 Å². The molecule has 0 aromatic heterocycles. The van der Waals surface area contributed by atoms with Crippen molar-refractivity contribution in [3.8, 4) is 0 Å². The van der Waals surface area contributed by atoms with Crippen molar-refractivity contribution in [2.75, 3.05) is 39.0 Å². The van der Waals surface area contributed by atoms with E-state index in [2.05, 4.69) is 27.4 Å². The van der Waals surface area contributed by atoms with E-state index >= 15 is 0 Å². The molecule has 1 aliphatic rings. The topological polar surface area (TPSA) is 73.8 Å². The summed E-state index contributed by atoms with van der Waals surface area (Å²) in [6, 6.07) is 0.405. The fourth-order valence-electron chi connectivity index (χ4n) is 2.52. The minimum Gasteiger partial charge on any atom is -0.357 e. The number of guanidine groups is 1. The summed E-state index contributed by atoms with van der Waals surface area (Å²) in [6.45, 7) is 12.1. The van der Waals surface area contributed by atoms with Crippen molar-refractivity contribution in [2.45, 2.75) is 57.7 Å². The summed E-state index contributed by atoms with van der Waals surface area (Å²) in [7, 11) is -3.13. The van der Waals surface area contributed by atoms with Crippen LogP contribution < -0.4 is 10.6 Å². The first kappa shape index (κ1) is 23.9. The smallest absolute Gasteiger partial charge is 0.191 e. The van der Waals surface area contributed by atoms with Crippen molar-refractivity contribution in [1.29, 1.82) is 0 Å². The van der Waals surface area contributed by atoms with Crippen LogP contribution in [-0.4, -0.2) is 69.0 Å².